The summed E-state index contributed by atoms with van der Waals surface area (Å²) in [6.45, 7) is 2.11. The van der Waals surface area contributed by atoms with Gasteiger partial charge in [-0.3, -0.25) is 0 Å². The Balaban J connectivity index is 3.13. The summed E-state index contributed by atoms with van der Waals surface area (Å²) in [6.07, 6.45) is 0. The van der Waals surface area contributed by atoms with Crippen LogP contribution < -0.4 is 14.8 Å². The molecule has 0 N–H and O–H groups in total. The van der Waals surface area contributed by atoms with Crippen LogP contribution in [0.15, 0.2) is 18.2 Å². The number of benzene rings is 1. The monoisotopic (exact) mass is 184 g/mol. The lowest BCUT2D eigenvalue weighted by molar-refractivity contribution is 0.401. The van der Waals surface area contributed by atoms with Crippen LogP contribution in [0.2, 0.25) is 0 Å². The second-order valence-corrected chi connectivity index (χ2v) is 3.29. The van der Waals surface area contributed by atoms with E-state index >= 15 is 0 Å². The first-order chi connectivity index (χ1) is 5.83. The third-order valence-electron chi connectivity index (χ3n) is 1.68. The highest BCUT2D eigenvalue weighted by molar-refractivity contribution is 7.46. The van der Waals surface area contributed by atoms with Gasteiger partial charge in [0.15, 0.2) is 0 Å². The Bertz CT molecular complexity index is 238. The van der Waals surface area contributed by atoms with Gasteiger partial charge in [0.25, 0.3) is 0 Å². The molecule has 0 aliphatic carbocycles. The first-order valence-corrected chi connectivity index (χ1v) is 5.22. The van der Waals surface area contributed by atoms with Crippen molar-refractivity contribution in [3.8, 4) is 11.5 Å². The van der Waals surface area contributed by atoms with Crippen molar-refractivity contribution < 1.29 is 9.47 Å². The lowest BCUT2D eigenvalue weighted by Crippen LogP contribution is -2.04. The van der Waals surface area contributed by atoms with Gasteiger partial charge in [-0.1, -0.05) is 14.6 Å². The van der Waals surface area contributed by atoms with Gasteiger partial charge in [-0.05, 0) is 18.8 Å². The predicted octanol–water partition coefficient (Wildman–Crippen LogP) is 1.64. The molecule has 1 atom stereocenters. The van der Waals surface area contributed by atoms with Crippen LogP contribution in [-0.4, -0.2) is 20.9 Å². The Kier molecular flexibility index (Phi) is 3.36. The number of hydrogen-bond acceptors (Lipinski definition) is 2. The molecular formula is C9H13O2P. The zero-order valence-electron chi connectivity index (χ0n) is 7.55. The van der Waals surface area contributed by atoms with E-state index in [4.69, 9.17) is 9.47 Å². The predicted molar refractivity (Wildman–Crippen MR) is 53.4 cm³/mol. The van der Waals surface area contributed by atoms with E-state index in [0.717, 1.165) is 16.8 Å². The van der Waals surface area contributed by atoms with E-state index in [1.807, 2.05) is 18.2 Å². The van der Waals surface area contributed by atoms with Crippen molar-refractivity contribution in [2.45, 2.75) is 0 Å². The average molecular weight is 184 g/mol. The minimum atomic E-state index is 0.691. The molecule has 2 nitrogen and oxygen atoms in total. The summed E-state index contributed by atoms with van der Waals surface area (Å²) in [5.74, 6) is 1.82. The largest absolute Gasteiger partial charge is 0.496 e. The molecule has 0 aliphatic rings. The number of hydrogen-bond donors (Lipinski definition) is 0. The number of methoxy groups -OCH3 is 2. The van der Waals surface area contributed by atoms with Crippen LogP contribution in [0.5, 0.6) is 11.5 Å². The smallest absolute Gasteiger partial charge is 0.129 e. The fourth-order valence-electron chi connectivity index (χ4n) is 1.10. The van der Waals surface area contributed by atoms with E-state index in [-0.39, 0.29) is 0 Å². The van der Waals surface area contributed by atoms with Gasteiger partial charge < -0.3 is 9.47 Å². The van der Waals surface area contributed by atoms with Crippen molar-refractivity contribution in [3.05, 3.63) is 18.2 Å². The van der Waals surface area contributed by atoms with Crippen molar-refractivity contribution in [1.29, 1.82) is 0 Å². The molecule has 12 heavy (non-hydrogen) atoms. The van der Waals surface area contributed by atoms with Gasteiger partial charge >= 0.3 is 0 Å². The van der Waals surface area contributed by atoms with Gasteiger partial charge in [0.2, 0.25) is 0 Å². The molecule has 0 saturated heterocycles. The Labute approximate surface area is 74.7 Å². The molecule has 1 unspecified atom stereocenters. The molecule has 0 spiro atoms. The summed E-state index contributed by atoms with van der Waals surface area (Å²) < 4.78 is 10.4. The van der Waals surface area contributed by atoms with Crippen LogP contribution in [0.25, 0.3) is 0 Å². The van der Waals surface area contributed by atoms with Crippen molar-refractivity contribution in [2.75, 3.05) is 20.9 Å². The maximum atomic E-state index is 5.21. The van der Waals surface area contributed by atoms with Gasteiger partial charge in [-0.25, -0.2) is 0 Å². The maximum Gasteiger partial charge on any atom is 0.129 e. The van der Waals surface area contributed by atoms with Crippen molar-refractivity contribution in [3.63, 3.8) is 0 Å². The lowest BCUT2D eigenvalue weighted by atomic mass is 10.3. The third-order valence-corrected chi connectivity index (χ3v) is 2.67. The van der Waals surface area contributed by atoms with Crippen LogP contribution in [0, 0.1) is 0 Å². The van der Waals surface area contributed by atoms with E-state index in [0.29, 0.717) is 8.58 Å². The zero-order valence-corrected chi connectivity index (χ0v) is 8.55. The summed E-state index contributed by atoms with van der Waals surface area (Å²) >= 11 is 0. The van der Waals surface area contributed by atoms with Crippen LogP contribution in [0.4, 0.5) is 0 Å². The highest BCUT2D eigenvalue weighted by atomic mass is 31.1. The van der Waals surface area contributed by atoms with Crippen LogP contribution in [-0.2, 0) is 0 Å². The molecule has 0 radical (unpaired) electrons. The molecule has 0 aromatic heterocycles. The second-order valence-electron chi connectivity index (χ2n) is 2.29. The van der Waals surface area contributed by atoms with Crippen molar-refractivity contribution in [1.82, 2.24) is 0 Å². The molecule has 0 fully saturated rings. The summed E-state index contributed by atoms with van der Waals surface area (Å²) in [6, 6.07) is 5.84. The molecule has 0 aliphatic heterocycles. The normalized spacial score (nSPS) is 10.6. The molecule has 1 aromatic carbocycles. The van der Waals surface area contributed by atoms with Gasteiger partial charge in [0.05, 0.1) is 19.5 Å². The fraction of sp³-hybridized carbons (Fsp3) is 0.333. The Morgan fingerprint density at radius 1 is 1.08 bits per heavy atom. The first-order valence-electron chi connectivity index (χ1n) is 3.72. The summed E-state index contributed by atoms with van der Waals surface area (Å²) in [5.41, 5.74) is 0. The van der Waals surface area contributed by atoms with Crippen LogP contribution in [0.3, 0.4) is 0 Å². The van der Waals surface area contributed by atoms with Gasteiger partial charge in [0.1, 0.15) is 11.5 Å². The van der Waals surface area contributed by atoms with E-state index < -0.39 is 0 Å². The summed E-state index contributed by atoms with van der Waals surface area (Å²) in [7, 11) is 4.05. The molecule has 0 bridgehead atoms. The van der Waals surface area contributed by atoms with E-state index in [1.165, 1.54) is 0 Å². The SMILES string of the molecule is COc1cccc(OC)c1PC. The molecule has 1 rings (SSSR count). The minimum absolute atomic E-state index is 0.691. The van der Waals surface area contributed by atoms with Crippen LogP contribution >= 0.6 is 8.58 Å². The average Bonchev–Trinajstić information content (AvgIpc) is 2.16. The van der Waals surface area contributed by atoms with E-state index in [9.17, 15) is 0 Å². The molecule has 1 aromatic rings. The van der Waals surface area contributed by atoms with E-state index in [1.54, 1.807) is 14.2 Å². The Hall–Kier alpha value is -0.750. The first kappa shape index (κ1) is 9.34. The third kappa shape index (κ3) is 1.70. The lowest BCUT2D eigenvalue weighted by Gasteiger charge is -2.10. The number of rotatable bonds is 3. The summed E-state index contributed by atoms with van der Waals surface area (Å²) in [5, 5.41) is 1.16. The molecule has 66 valence electrons. The Morgan fingerprint density at radius 2 is 1.58 bits per heavy atom. The summed E-state index contributed by atoms with van der Waals surface area (Å²) in [4.78, 5) is 0. The molecule has 0 heterocycles. The fourth-order valence-corrected chi connectivity index (χ4v) is 1.96. The topological polar surface area (TPSA) is 18.5 Å². The van der Waals surface area contributed by atoms with Crippen LogP contribution in [0.1, 0.15) is 0 Å². The van der Waals surface area contributed by atoms with Gasteiger partial charge in [-0.2, -0.15) is 0 Å². The zero-order chi connectivity index (χ0) is 8.97. The highest BCUT2D eigenvalue weighted by Crippen LogP contribution is 2.24. The highest BCUT2D eigenvalue weighted by Gasteiger charge is 2.05. The van der Waals surface area contributed by atoms with Crippen molar-refractivity contribution in [2.24, 2.45) is 0 Å². The quantitative estimate of drug-likeness (QED) is 0.665. The van der Waals surface area contributed by atoms with Gasteiger partial charge in [-0.15, -0.1) is 0 Å². The maximum absolute atomic E-state index is 5.21. The molecular weight excluding hydrogens is 171 g/mol. The van der Waals surface area contributed by atoms with E-state index in [2.05, 4.69) is 6.66 Å². The minimum Gasteiger partial charge on any atom is -0.496 e. The molecule has 3 heteroatoms. The Morgan fingerprint density at radius 3 is 1.92 bits per heavy atom. The number of ether oxygens (including phenoxy) is 2. The molecule has 0 amide bonds. The standard InChI is InChI=1S/C9H13O2P/c1-10-7-5-4-6-8(11-2)9(7)12-3/h4-6,12H,1-3H3. The van der Waals surface area contributed by atoms with Gasteiger partial charge in [0, 0.05) is 0 Å². The second kappa shape index (κ2) is 4.32. The molecule has 0 saturated carbocycles. The van der Waals surface area contributed by atoms with Crippen molar-refractivity contribution >= 4 is 13.9 Å².